The number of aromatic nitrogens is 4. The van der Waals surface area contributed by atoms with Crippen LogP contribution in [-0.2, 0) is 13.0 Å². The van der Waals surface area contributed by atoms with Crippen molar-refractivity contribution in [3.63, 3.8) is 0 Å². The van der Waals surface area contributed by atoms with Crippen molar-refractivity contribution >= 4 is 21.6 Å². The number of hydrogen-bond acceptors (Lipinski definition) is 7. The van der Waals surface area contributed by atoms with Crippen LogP contribution in [0.25, 0.3) is 10.2 Å². The van der Waals surface area contributed by atoms with E-state index in [0.29, 0.717) is 35.9 Å². The second-order valence-electron chi connectivity index (χ2n) is 3.91. The SMILES string of the molecule is O=c1[nH]c(CNCCc2ncno2)nc2ccsc12. The van der Waals surface area contributed by atoms with Gasteiger partial charge in [0.1, 0.15) is 10.5 Å². The molecule has 0 spiro atoms. The molecule has 0 aromatic carbocycles. The smallest absolute Gasteiger partial charge is 0.268 e. The van der Waals surface area contributed by atoms with Gasteiger partial charge < -0.3 is 14.8 Å². The Bertz CT molecular complexity index is 718. The number of aromatic amines is 1. The van der Waals surface area contributed by atoms with Crippen LogP contribution in [0.3, 0.4) is 0 Å². The molecule has 7 nitrogen and oxygen atoms in total. The van der Waals surface area contributed by atoms with Crippen molar-refractivity contribution in [3.05, 3.63) is 39.8 Å². The first kappa shape index (κ1) is 12.0. The lowest BCUT2D eigenvalue weighted by molar-refractivity contribution is 0.374. The maximum atomic E-state index is 11.7. The highest BCUT2D eigenvalue weighted by molar-refractivity contribution is 7.17. The number of hydrogen-bond donors (Lipinski definition) is 2. The minimum absolute atomic E-state index is 0.0892. The number of nitrogens with zero attached hydrogens (tertiary/aromatic N) is 3. The van der Waals surface area contributed by atoms with Gasteiger partial charge in [0, 0.05) is 13.0 Å². The molecule has 8 heteroatoms. The van der Waals surface area contributed by atoms with Crippen LogP contribution in [0.2, 0.25) is 0 Å². The first-order valence-corrected chi connectivity index (χ1v) is 6.63. The third kappa shape index (κ3) is 2.69. The van der Waals surface area contributed by atoms with Gasteiger partial charge in [0.25, 0.3) is 5.56 Å². The lowest BCUT2D eigenvalue weighted by Crippen LogP contribution is -2.21. The van der Waals surface area contributed by atoms with Gasteiger partial charge in [0.15, 0.2) is 6.33 Å². The maximum Gasteiger partial charge on any atom is 0.268 e. The Morgan fingerprint density at radius 3 is 3.26 bits per heavy atom. The Morgan fingerprint density at radius 2 is 2.42 bits per heavy atom. The van der Waals surface area contributed by atoms with Crippen LogP contribution in [0.4, 0.5) is 0 Å². The van der Waals surface area contributed by atoms with Gasteiger partial charge in [-0.3, -0.25) is 4.79 Å². The molecule has 0 atom stereocenters. The average Bonchev–Trinajstić information content (AvgIpc) is 3.05. The van der Waals surface area contributed by atoms with Crippen molar-refractivity contribution in [2.45, 2.75) is 13.0 Å². The predicted octanol–water partition coefficient (Wildman–Crippen LogP) is 0.700. The Hall–Kier alpha value is -2.06. The lowest BCUT2D eigenvalue weighted by Gasteiger charge is -2.02. The molecule has 0 amide bonds. The lowest BCUT2D eigenvalue weighted by atomic mass is 10.4. The summed E-state index contributed by atoms with van der Waals surface area (Å²) in [5.74, 6) is 1.21. The molecule has 3 aromatic heterocycles. The summed E-state index contributed by atoms with van der Waals surface area (Å²) in [6.45, 7) is 1.17. The van der Waals surface area contributed by atoms with Crippen LogP contribution in [0, 0.1) is 0 Å². The van der Waals surface area contributed by atoms with Gasteiger partial charge in [-0.1, -0.05) is 5.16 Å². The minimum Gasteiger partial charge on any atom is -0.340 e. The maximum absolute atomic E-state index is 11.7. The van der Waals surface area contributed by atoms with Crippen LogP contribution < -0.4 is 10.9 Å². The van der Waals surface area contributed by atoms with E-state index in [9.17, 15) is 4.79 Å². The zero-order chi connectivity index (χ0) is 13.1. The number of thiophene rings is 1. The summed E-state index contributed by atoms with van der Waals surface area (Å²) in [6.07, 6.45) is 2.02. The molecular formula is C11H11N5O2S. The zero-order valence-corrected chi connectivity index (χ0v) is 10.7. The van der Waals surface area contributed by atoms with Gasteiger partial charge in [-0.25, -0.2) is 4.98 Å². The van der Waals surface area contributed by atoms with E-state index < -0.39 is 0 Å². The largest absolute Gasteiger partial charge is 0.340 e. The summed E-state index contributed by atoms with van der Waals surface area (Å²) in [5.41, 5.74) is 0.649. The summed E-state index contributed by atoms with van der Waals surface area (Å²) < 4.78 is 5.54. The summed E-state index contributed by atoms with van der Waals surface area (Å²) in [6, 6.07) is 1.84. The number of H-pyrrole nitrogens is 1. The first-order chi connectivity index (χ1) is 9.33. The normalized spacial score (nSPS) is 11.2. The molecule has 3 rings (SSSR count). The van der Waals surface area contributed by atoms with Gasteiger partial charge in [-0.05, 0) is 11.4 Å². The molecule has 2 N–H and O–H groups in total. The first-order valence-electron chi connectivity index (χ1n) is 5.75. The van der Waals surface area contributed by atoms with Crippen LogP contribution in [0.1, 0.15) is 11.7 Å². The second kappa shape index (κ2) is 5.29. The fourth-order valence-corrected chi connectivity index (χ4v) is 2.44. The van der Waals surface area contributed by atoms with E-state index in [1.807, 2.05) is 11.4 Å². The highest BCUT2D eigenvalue weighted by Crippen LogP contribution is 2.13. The second-order valence-corrected chi connectivity index (χ2v) is 4.83. The molecule has 0 bridgehead atoms. The molecule has 0 aliphatic carbocycles. The number of fused-ring (bicyclic) bond motifs is 1. The average molecular weight is 277 g/mol. The van der Waals surface area contributed by atoms with E-state index >= 15 is 0 Å². The van der Waals surface area contributed by atoms with Crippen molar-refractivity contribution in [2.24, 2.45) is 0 Å². The Morgan fingerprint density at radius 1 is 1.47 bits per heavy atom. The number of nitrogens with one attached hydrogen (secondary N) is 2. The highest BCUT2D eigenvalue weighted by atomic mass is 32.1. The molecule has 19 heavy (non-hydrogen) atoms. The standard InChI is InChI=1S/C11H11N5O2S/c17-11-10-7(2-4-19-10)15-8(16-11)5-12-3-1-9-13-6-14-18-9/h2,4,6,12H,1,3,5H2,(H,15,16,17). The van der Waals surface area contributed by atoms with E-state index in [-0.39, 0.29) is 5.56 Å². The topological polar surface area (TPSA) is 96.7 Å². The fraction of sp³-hybridized carbons (Fsp3) is 0.273. The molecule has 0 aliphatic rings. The van der Waals surface area contributed by atoms with Crippen LogP contribution in [0.15, 0.2) is 27.1 Å². The van der Waals surface area contributed by atoms with E-state index in [0.717, 1.165) is 5.52 Å². The molecule has 98 valence electrons. The Balaban J connectivity index is 1.60. The van der Waals surface area contributed by atoms with Gasteiger partial charge in [-0.15, -0.1) is 11.3 Å². The molecular weight excluding hydrogens is 266 g/mol. The van der Waals surface area contributed by atoms with Gasteiger partial charge >= 0.3 is 0 Å². The zero-order valence-electron chi connectivity index (χ0n) is 9.92. The van der Waals surface area contributed by atoms with Gasteiger partial charge in [0.05, 0.1) is 12.1 Å². The molecule has 3 heterocycles. The molecule has 0 fully saturated rings. The van der Waals surface area contributed by atoms with Gasteiger partial charge in [-0.2, -0.15) is 4.98 Å². The summed E-state index contributed by atoms with van der Waals surface area (Å²) in [4.78, 5) is 22.8. The van der Waals surface area contributed by atoms with Crippen molar-refractivity contribution in [1.82, 2.24) is 25.4 Å². The molecule has 0 saturated heterocycles. The van der Waals surface area contributed by atoms with E-state index in [4.69, 9.17) is 4.52 Å². The van der Waals surface area contributed by atoms with Crippen molar-refractivity contribution < 1.29 is 4.52 Å². The molecule has 0 radical (unpaired) electrons. The van der Waals surface area contributed by atoms with Crippen molar-refractivity contribution in [3.8, 4) is 0 Å². The quantitative estimate of drug-likeness (QED) is 0.666. The Kier molecular flexibility index (Phi) is 3.34. The predicted molar refractivity (Wildman–Crippen MR) is 69.9 cm³/mol. The number of rotatable bonds is 5. The van der Waals surface area contributed by atoms with Crippen LogP contribution in [0.5, 0.6) is 0 Å². The summed E-state index contributed by atoms with van der Waals surface area (Å²) in [5, 5.41) is 8.55. The van der Waals surface area contributed by atoms with Crippen molar-refractivity contribution in [1.29, 1.82) is 0 Å². The van der Waals surface area contributed by atoms with Crippen LogP contribution >= 0.6 is 11.3 Å². The summed E-state index contributed by atoms with van der Waals surface area (Å²) in [7, 11) is 0. The molecule has 0 aliphatic heterocycles. The Labute approximate surface area is 111 Å². The monoisotopic (exact) mass is 277 g/mol. The van der Waals surface area contributed by atoms with Gasteiger partial charge in [0.2, 0.25) is 5.89 Å². The van der Waals surface area contributed by atoms with E-state index in [2.05, 4.69) is 25.4 Å². The highest BCUT2D eigenvalue weighted by Gasteiger charge is 2.05. The van der Waals surface area contributed by atoms with E-state index in [1.165, 1.54) is 17.7 Å². The van der Waals surface area contributed by atoms with E-state index in [1.54, 1.807) is 0 Å². The third-order valence-corrected chi connectivity index (χ3v) is 3.48. The van der Waals surface area contributed by atoms with Crippen LogP contribution in [-0.4, -0.2) is 26.7 Å². The van der Waals surface area contributed by atoms with Crippen molar-refractivity contribution in [2.75, 3.05) is 6.54 Å². The molecule has 0 saturated carbocycles. The minimum atomic E-state index is -0.0892. The third-order valence-electron chi connectivity index (χ3n) is 2.58. The summed E-state index contributed by atoms with van der Waals surface area (Å²) >= 11 is 1.39. The molecule has 0 unspecified atom stereocenters. The fourth-order valence-electron chi connectivity index (χ4n) is 1.71. The molecule has 3 aromatic rings.